The Balaban J connectivity index is 3.01. The second-order valence-electron chi connectivity index (χ2n) is 5.60. The normalized spacial score (nSPS) is 13.4. The Bertz CT molecular complexity index is 593. The lowest BCUT2D eigenvalue weighted by atomic mass is 10.0. The predicted octanol–water partition coefficient (Wildman–Crippen LogP) is 2.63. The molecule has 0 spiro atoms. The van der Waals surface area contributed by atoms with Crippen LogP contribution in [0.3, 0.4) is 0 Å². The van der Waals surface area contributed by atoms with Gasteiger partial charge in [0, 0.05) is 13.1 Å². The van der Waals surface area contributed by atoms with E-state index in [1.165, 1.54) is 11.4 Å². The molecule has 0 heterocycles. The molecule has 1 rings (SSSR count). The maximum Gasteiger partial charge on any atom is 0.309 e. The largest absolute Gasteiger partial charge is 0.469 e. The Labute approximate surface area is 133 Å². The second-order valence-corrected chi connectivity index (χ2v) is 7.54. The highest BCUT2D eigenvalue weighted by Gasteiger charge is 2.27. The number of rotatable bonds is 7. The molecule has 0 aromatic heterocycles. The molecule has 0 aliphatic rings. The van der Waals surface area contributed by atoms with Crippen molar-refractivity contribution in [3.63, 3.8) is 0 Å². The van der Waals surface area contributed by atoms with Crippen LogP contribution in [-0.4, -0.2) is 38.9 Å². The second kappa shape index (κ2) is 7.74. The van der Waals surface area contributed by atoms with E-state index < -0.39 is 21.9 Å². The van der Waals surface area contributed by atoms with Crippen LogP contribution in [0.5, 0.6) is 0 Å². The van der Waals surface area contributed by atoms with Crippen molar-refractivity contribution in [3.05, 3.63) is 29.8 Å². The molecule has 0 amide bonds. The third kappa shape index (κ3) is 4.30. The minimum absolute atomic E-state index is 0.109. The number of ether oxygens (including phenoxy) is 1. The van der Waals surface area contributed by atoms with Gasteiger partial charge in [0.25, 0.3) is 0 Å². The predicted molar refractivity (Wildman–Crippen MR) is 86.1 cm³/mol. The summed E-state index contributed by atoms with van der Waals surface area (Å²) in [5.41, 5.74) is 1.09. The van der Waals surface area contributed by atoms with Crippen molar-refractivity contribution in [2.24, 2.45) is 5.92 Å². The van der Waals surface area contributed by atoms with E-state index in [0.717, 1.165) is 5.56 Å². The molecule has 0 saturated carbocycles. The smallest absolute Gasteiger partial charge is 0.309 e. The number of benzene rings is 1. The molecule has 6 heteroatoms. The molecule has 0 aliphatic carbocycles. The lowest BCUT2D eigenvalue weighted by Crippen LogP contribution is -2.37. The Morgan fingerprint density at radius 2 is 1.73 bits per heavy atom. The third-order valence-electron chi connectivity index (χ3n) is 3.62. The fourth-order valence-corrected chi connectivity index (χ4v) is 3.69. The van der Waals surface area contributed by atoms with Crippen molar-refractivity contribution < 1.29 is 17.9 Å². The minimum Gasteiger partial charge on any atom is -0.469 e. The van der Waals surface area contributed by atoms with Crippen LogP contribution in [0, 0.1) is 5.92 Å². The molecular formula is C16H25NO4S. The number of hydrogen-bond donors (Lipinski definition) is 0. The Morgan fingerprint density at radius 3 is 2.14 bits per heavy atom. The molecule has 0 bridgehead atoms. The molecule has 0 N–H and O–H groups in total. The molecule has 1 aromatic carbocycles. The van der Waals surface area contributed by atoms with E-state index >= 15 is 0 Å². The van der Waals surface area contributed by atoms with Gasteiger partial charge in [0.2, 0.25) is 10.0 Å². The fraction of sp³-hybridized carbons (Fsp3) is 0.562. The summed E-state index contributed by atoms with van der Waals surface area (Å²) in [5, 5.41) is 0. The van der Waals surface area contributed by atoms with Crippen molar-refractivity contribution in [3.8, 4) is 0 Å². The van der Waals surface area contributed by atoms with Gasteiger partial charge in [0.05, 0.1) is 17.9 Å². The Hall–Kier alpha value is -1.40. The summed E-state index contributed by atoms with van der Waals surface area (Å²) in [5.74, 6) is -0.572. The summed E-state index contributed by atoms with van der Waals surface area (Å²) in [7, 11) is -2.30. The summed E-state index contributed by atoms with van der Waals surface area (Å²) < 4.78 is 31.3. The zero-order valence-electron chi connectivity index (χ0n) is 13.9. The van der Waals surface area contributed by atoms with Crippen LogP contribution in [0.15, 0.2) is 29.2 Å². The number of sulfonamides is 1. The van der Waals surface area contributed by atoms with Crippen molar-refractivity contribution in [2.45, 2.75) is 38.5 Å². The van der Waals surface area contributed by atoms with Gasteiger partial charge >= 0.3 is 5.97 Å². The van der Waals surface area contributed by atoms with Crippen LogP contribution < -0.4 is 0 Å². The first-order valence-corrected chi connectivity index (χ1v) is 8.86. The van der Waals surface area contributed by atoms with Crippen LogP contribution in [-0.2, 0) is 19.6 Å². The van der Waals surface area contributed by atoms with E-state index in [2.05, 4.69) is 18.6 Å². The van der Waals surface area contributed by atoms with Gasteiger partial charge in [0.15, 0.2) is 0 Å². The Kier molecular flexibility index (Phi) is 6.56. The lowest BCUT2D eigenvalue weighted by Gasteiger charge is -2.23. The van der Waals surface area contributed by atoms with Gasteiger partial charge in [-0.15, -0.1) is 0 Å². The molecule has 0 radical (unpaired) electrons. The molecule has 22 heavy (non-hydrogen) atoms. The maximum atomic E-state index is 12.7. The summed E-state index contributed by atoms with van der Waals surface area (Å²) >= 11 is 0. The van der Waals surface area contributed by atoms with Gasteiger partial charge in [-0.2, -0.15) is 4.31 Å². The summed E-state index contributed by atoms with van der Waals surface area (Å²) in [6, 6.07) is 6.90. The molecule has 1 unspecified atom stereocenters. The Morgan fingerprint density at radius 1 is 1.18 bits per heavy atom. The van der Waals surface area contributed by atoms with Crippen LogP contribution in [0.25, 0.3) is 0 Å². The number of carbonyl (C=O) groups is 1. The SMILES string of the molecule is CCN(CC(C)C(=O)OC)S(=O)(=O)c1ccc(C(C)C)cc1. The van der Waals surface area contributed by atoms with Gasteiger partial charge in [0.1, 0.15) is 0 Å². The summed E-state index contributed by atoms with van der Waals surface area (Å²) in [4.78, 5) is 11.7. The van der Waals surface area contributed by atoms with E-state index in [4.69, 9.17) is 0 Å². The molecule has 1 aromatic rings. The third-order valence-corrected chi connectivity index (χ3v) is 5.57. The molecular weight excluding hydrogens is 302 g/mol. The lowest BCUT2D eigenvalue weighted by molar-refractivity contribution is -0.145. The summed E-state index contributed by atoms with van der Waals surface area (Å²) in [6.45, 7) is 7.93. The molecule has 0 fully saturated rings. The number of hydrogen-bond acceptors (Lipinski definition) is 4. The van der Waals surface area contributed by atoms with Crippen molar-refractivity contribution in [2.75, 3.05) is 20.2 Å². The zero-order chi connectivity index (χ0) is 16.9. The van der Waals surface area contributed by atoms with Gasteiger partial charge in [-0.3, -0.25) is 4.79 Å². The quantitative estimate of drug-likeness (QED) is 0.722. The first-order valence-electron chi connectivity index (χ1n) is 7.42. The molecule has 1 atom stereocenters. The van der Waals surface area contributed by atoms with E-state index in [-0.39, 0.29) is 11.4 Å². The highest BCUT2D eigenvalue weighted by atomic mass is 32.2. The van der Waals surface area contributed by atoms with Crippen LogP contribution in [0.4, 0.5) is 0 Å². The number of nitrogens with zero attached hydrogens (tertiary/aromatic N) is 1. The fourth-order valence-electron chi connectivity index (χ4n) is 2.15. The topological polar surface area (TPSA) is 63.7 Å². The number of carbonyl (C=O) groups excluding carboxylic acids is 1. The van der Waals surface area contributed by atoms with Crippen LogP contribution in [0.2, 0.25) is 0 Å². The minimum atomic E-state index is -3.60. The van der Waals surface area contributed by atoms with E-state index in [0.29, 0.717) is 12.5 Å². The van der Waals surface area contributed by atoms with E-state index in [9.17, 15) is 13.2 Å². The first-order chi connectivity index (χ1) is 10.2. The highest BCUT2D eigenvalue weighted by molar-refractivity contribution is 7.89. The molecule has 5 nitrogen and oxygen atoms in total. The van der Waals surface area contributed by atoms with Gasteiger partial charge in [-0.05, 0) is 23.6 Å². The highest BCUT2D eigenvalue weighted by Crippen LogP contribution is 2.21. The van der Waals surface area contributed by atoms with Crippen LogP contribution >= 0.6 is 0 Å². The van der Waals surface area contributed by atoms with Crippen molar-refractivity contribution in [1.29, 1.82) is 0 Å². The average Bonchev–Trinajstić information content (AvgIpc) is 2.51. The maximum absolute atomic E-state index is 12.7. The van der Waals surface area contributed by atoms with Gasteiger partial charge in [-0.25, -0.2) is 8.42 Å². The number of esters is 1. The monoisotopic (exact) mass is 327 g/mol. The first kappa shape index (κ1) is 18.6. The molecule has 0 aliphatic heterocycles. The number of methoxy groups -OCH3 is 1. The van der Waals surface area contributed by atoms with Crippen molar-refractivity contribution >= 4 is 16.0 Å². The van der Waals surface area contributed by atoms with E-state index in [1.807, 2.05) is 12.1 Å². The van der Waals surface area contributed by atoms with Gasteiger partial charge < -0.3 is 4.74 Å². The van der Waals surface area contributed by atoms with E-state index in [1.54, 1.807) is 26.0 Å². The molecule has 0 saturated heterocycles. The standard InChI is InChI=1S/C16H25NO4S/c1-6-17(11-13(4)16(18)21-5)22(19,20)15-9-7-14(8-10-15)12(2)3/h7-10,12-13H,6,11H2,1-5H3. The van der Waals surface area contributed by atoms with Crippen molar-refractivity contribution in [1.82, 2.24) is 4.31 Å². The summed E-state index contributed by atoms with van der Waals surface area (Å²) in [6.07, 6.45) is 0. The van der Waals surface area contributed by atoms with Gasteiger partial charge in [-0.1, -0.05) is 39.8 Å². The van der Waals surface area contributed by atoms with Crippen LogP contribution in [0.1, 0.15) is 39.2 Å². The zero-order valence-corrected chi connectivity index (χ0v) is 14.7. The molecule has 124 valence electrons. The average molecular weight is 327 g/mol.